The predicted octanol–water partition coefficient (Wildman–Crippen LogP) is 2.77. The third kappa shape index (κ3) is 12.4. The minimum absolute atomic E-state index is 0.247. The van der Waals surface area contributed by atoms with Crippen molar-refractivity contribution in [2.24, 2.45) is 0 Å². The number of hydrogen-bond acceptors (Lipinski definition) is 0. The second-order valence-electron chi connectivity index (χ2n) is 2.42. The molecule has 0 amide bonds. The molecule has 11 heavy (non-hydrogen) atoms. The molecule has 0 nitrogen and oxygen atoms in total. The van der Waals surface area contributed by atoms with Crippen LogP contribution in [0.1, 0.15) is 0 Å². The van der Waals surface area contributed by atoms with Crippen molar-refractivity contribution in [3.63, 3.8) is 0 Å². The molecular formula is C5H12Br4Si2. The van der Waals surface area contributed by atoms with E-state index in [1.165, 1.54) is 12.1 Å². The van der Waals surface area contributed by atoms with Crippen LogP contribution in [0.2, 0.25) is 17.8 Å². The van der Waals surface area contributed by atoms with Crippen LogP contribution in [0.15, 0.2) is 0 Å². The van der Waals surface area contributed by atoms with Gasteiger partial charge in [-0.15, -0.1) is 0 Å². The van der Waals surface area contributed by atoms with Crippen molar-refractivity contribution in [1.82, 2.24) is 0 Å². The molecule has 68 valence electrons. The van der Waals surface area contributed by atoms with Crippen LogP contribution in [0.5, 0.6) is 0 Å². The van der Waals surface area contributed by atoms with Gasteiger partial charge in [-0.2, -0.15) is 0 Å². The molecule has 0 aliphatic carbocycles. The van der Waals surface area contributed by atoms with Gasteiger partial charge in [-0.1, -0.05) is 69.4 Å². The van der Waals surface area contributed by atoms with E-state index in [0.29, 0.717) is 7.47 Å². The van der Waals surface area contributed by atoms with Crippen LogP contribution in [-0.4, -0.2) is 26.5 Å². The summed E-state index contributed by atoms with van der Waals surface area (Å²) >= 11 is 14.0. The fourth-order valence-corrected chi connectivity index (χ4v) is 9.00. The standard InChI is InChI=1S/C5H12Br4Si2/c6-4(7)1-10-3-11-2-5(8)9/h4-5H,1-3,10-11H2. The Morgan fingerprint density at radius 3 is 1.45 bits per heavy atom. The molecule has 0 saturated carbocycles. The lowest BCUT2D eigenvalue weighted by atomic mass is 11.0. The zero-order chi connectivity index (χ0) is 8.69. The molecule has 0 rings (SSSR count). The Morgan fingerprint density at radius 1 is 0.818 bits per heavy atom. The van der Waals surface area contributed by atoms with E-state index in [2.05, 4.69) is 63.7 Å². The van der Waals surface area contributed by atoms with Crippen molar-refractivity contribution >= 4 is 82.8 Å². The van der Waals surface area contributed by atoms with Gasteiger partial charge >= 0.3 is 0 Å². The van der Waals surface area contributed by atoms with Gasteiger partial charge in [-0.05, 0) is 12.1 Å². The maximum Gasteiger partial charge on any atom is 0.0669 e. The second-order valence-corrected chi connectivity index (χ2v) is 14.7. The Labute approximate surface area is 107 Å². The summed E-state index contributed by atoms with van der Waals surface area (Å²) in [4.78, 5) is 0. The summed E-state index contributed by atoms with van der Waals surface area (Å²) in [5, 5.41) is 0. The highest BCUT2D eigenvalue weighted by molar-refractivity contribution is 9.25. The molecule has 0 saturated heterocycles. The molecule has 0 aromatic rings. The van der Waals surface area contributed by atoms with E-state index >= 15 is 0 Å². The van der Waals surface area contributed by atoms with E-state index in [-0.39, 0.29) is 19.0 Å². The molecular weight excluding hydrogens is 436 g/mol. The molecule has 0 heterocycles. The monoisotopic (exact) mass is 444 g/mol. The third-order valence-corrected chi connectivity index (χ3v) is 12.5. The first kappa shape index (κ1) is 13.4. The summed E-state index contributed by atoms with van der Waals surface area (Å²) in [7, 11) is 0.494. The third-order valence-electron chi connectivity index (χ3n) is 1.34. The normalized spacial score (nSPS) is 13.6. The van der Waals surface area contributed by atoms with Crippen LogP contribution in [0.25, 0.3) is 0 Å². The maximum absolute atomic E-state index is 3.50. The van der Waals surface area contributed by atoms with Gasteiger partial charge in [0, 0.05) is 19.0 Å². The Bertz CT molecular complexity index is 78.6. The van der Waals surface area contributed by atoms with Gasteiger partial charge in [0.15, 0.2) is 0 Å². The van der Waals surface area contributed by atoms with Crippen molar-refractivity contribution < 1.29 is 0 Å². The van der Waals surface area contributed by atoms with E-state index in [0.717, 1.165) is 0 Å². The Kier molecular flexibility index (Phi) is 10.8. The average molecular weight is 448 g/mol. The summed E-state index contributed by atoms with van der Waals surface area (Å²) < 4.78 is 1.17. The molecule has 0 unspecified atom stereocenters. The minimum atomic E-state index is 0.247. The van der Waals surface area contributed by atoms with Crippen LogP contribution in [0.4, 0.5) is 0 Å². The SMILES string of the molecule is BrC(Br)C[SiH2]C[SiH2]CC(Br)Br. The summed E-state index contributed by atoms with van der Waals surface area (Å²) in [6.45, 7) is 0. The zero-order valence-electron chi connectivity index (χ0n) is 6.20. The van der Waals surface area contributed by atoms with E-state index in [1.807, 2.05) is 0 Å². The highest BCUT2D eigenvalue weighted by atomic mass is 79.9. The van der Waals surface area contributed by atoms with E-state index in [1.54, 1.807) is 5.67 Å². The van der Waals surface area contributed by atoms with Gasteiger partial charge in [0.2, 0.25) is 0 Å². The smallest absolute Gasteiger partial charge is 0.0669 e. The number of alkyl halides is 4. The number of rotatable bonds is 6. The lowest BCUT2D eigenvalue weighted by Gasteiger charge is -2.01. The first-order valence-corrected chi connectivity index (χ1v) is 11.4. The van der Waals surface area contributed by atoms with Gasteiger partial charge in [-0.25, -0.2) is 0 Å². The van der Waals surface area contributed by atoms with Gasteiger partial charge in [0.1, 0.15) is 0 Å². The van der Waals surface area contributed by atoms with Crippen molar-refractivity contribution in [2.45, 2.75) is 25.2 Å². The van der Waals surface area contributed by atoms with Crippen molar-refractivity contribution in [3.8, 4) is 0 Å². The zero-order valence-corrected chi connectivity index (χ0v) is 15.4. The quantitative estimate of drug-likeness (QED) is 0.334. The van der Waals surface area contributed by atoms with Gasteiger partial charge in [-0.3, -0.25) is 0 Å². The van der Waals surface area contributed by atoms with Crippen LogP contribution >= 0.6 is 63.7 Å². The summed E-state index contributed by atoms with van der Waals surface area (Å²) in [6, 6.07) is 2.78. The summed E-state index contributed by atoms with van der Waals surface area (Å²) in [5.41, 5.74) is 1.60. The summed E-state index contributed by atoms with van der Waals surface area (Å²) in [5.74, 6) is 0. The van der Waals surface area contributed by atoms with Crippen molar-refractivity contribution in [2.75, 3.05) is 0 Å². The van der Waals surface area contributed by atoms with Crippen LogP contribution < -0.4 is 0 Å². The first-order valence-electron chi connectivity index (χ1n) is 3.69. The summed E-state index contributed by atoms with van der Waals surface area (Å²) in [6.07, 6.45) is 0. The molecule has 0 aromatic heterocycles. The van der Waals surface area contributed by atoms with Crippen LogP contribution in [-0.2, 0) is 0 Å². The highest BCUT2D eigenvalue weighted by Crippen LogP contribution is 2.15. The molecule has 0 aliphatic heterocycles. The lowest BCUT2D eigenvalue weighted by Crippen LogP contribution is -2.02. The number of halogens is 4. The molecule has 0 aliphatic rings. The Hall–Kier alpha value is 2.35. The molecule has 0 spiro atoms. The number of hydrogen-bond donors (Lipinski definition) is 0. The fourth-order valence-electron chi connectivity index (χ4n) is 0.774. The fraction of sp³-hybridized carbons (Fsp3) is 1.00. The van der Waals surface area contributed by atoms with Crippen molar-refractivity contribution in [3.05, 3.63) is 0 Å². The van der Waals surface area contributed by atoms with Gasteiger partial charge < -0.3 is 0 Å². The minimum Gasteiger partial charge on any atom is -0.0768 e. The average Bonchev–Trinajstić information content (AvgIpc) is 1.85. The van der Waals surface area contributed by atoms with Gasteiger partial charge in [0.05, 0.1) is 7.47 Å². The molecule has 0 radical (unpaired) electrons. The van der Waals surface area contributed by atoms with Gasteiger partial charge in [0.25, 0.3) is 0 Å². The molecule has 0 aromatic carbocycles. The molecule has 0 fully saturated rings. The van der Waals surface area contributed by atoms with E-state index in [9.17, 15) is 0 Å². The van der Waals surface area contributed by atoms with Crippen LogP contribution in [0.3, 0.4) is 0 Å². The topological polar surface area (TPSA) is 0 Å². The molecule has 0 atom stereocenters. The molecule has 6 heteroatoms. The predicted molar refractivity (Wildman–Crippen MR) is 74.8 cm³/mol. The largest absolute Gasteiger partial charge is 0.0768 e. The van der Waals surface area contributed by atoms with Crippen molar-refractivity contribution in [1.29, 1.82) is 0 Å². The van der Waals surface area contributed by atoms with E-state index < -0.39 is 0 Å². The van der Waals surface area contributed by atoms with Crippen LogP contribution in [0, 0.1) is 0 Å². The Morgan fingerprint density at radius 2 is 1.18 bits per heavy atom. The first-order chi connectivity index (χ1) is 5.13. The lowest BCUT2D eigenvalue weighted by molar-refractivity contribution is 1.40. The van der Waals surface area contributed by atoms with E-state index in [4.69, 9.17) is 0 Å². The Balaban J connectivity index is 2.91. The molecule has 0 bridgehead atoms. The second kappa shape index (κ2) is 8.93. The highest BCUT2D eigenvalue weighted by Gasteiger charge is 2.00. The molecule has 0 N–H and O–H groups in total. The maximum atomic E-state index is 3.50.